The molecule has 0 spiro atoms. The molecule has 1 aliphatic carbocycles. The first-order chi connectivity index (χ1) is 10.7. The summed E-state index contributed by atoms with van der Waals surface area (Å²) in [6.07, 6.45) is 4.92. The zero-order valence-electron chi connectivity index (χ0n) is 13.0. The van der Waals surface area contributed by atoms with E-state index in [-0.39, 0.29) is 5.91 Å². The fraction of sp³-hybridized carbons (Fsp3) is 0.421. The lowest BCUT2D eigenvalue weighted by Gasteiger charge is -2.29. The maximum atomic E-state index is 12.2. The molecule has 2 atom stereocenters. The van der Waals surface area contributed by atoms with Gasteiger partial charge in [-0.15, -0.1) is 11.8 Å². The Balaban J connectivity index is 1.55. The summed E-state index contributed by atoms with van der Waals surface area (Å²) in [6.45, 7) is 2.25. The van der Waals surface area contributed by atoms with Gasteiger partial charge in [-0.2, -0.15) is 0 Å². The van der Waals surface area contributed by atoms with Crippen molar-refractivity contribution in [2.75, 3.05) is 5.75 Å². The van der Waals surface area contributed by atoms with E-state index in [1.807, 2.05) is 12.1 Å². The summed E-state index contributed by atoms with van der Waals surface area (Å²) in [4.78, 5) is 13.3. The van der Waals surface area contributed by atoms with Crippen LogP contribution in [-0.4, -0.2) is 17.7 Å². The molecule has 0 aliphatic heterocycles. The van der Waals surface area contributed by atoms with Gasteiger partial charge in [-0.1, -0.05) is 50.1 Å². The van der Waals surface area contributed by atoms with Crippen molar-refractivity contribution < 1.29 is 4.79 Å². The van der Waals surface area contributed by atoms with Crippen molar-refractivity contribution in [3.63, 3.8) is 0 Å². The lowest BCUT2D eigenvalue weighted by Crippen LogP contribution is -2.41. The number of carbonyl (C=O) groups excluding carboxylic acids is 1. The molecule has 0 bridgehead atoms. The Labute approximate surface area is 136 Å². The van der Waals surface area contributed by atoms with Gasteiger partial charge in [0.05, 0.1) is 5.75 Å². The number of carbonyl (C=O) groups is 1. The smallest absolute Gasteiger partial charge is 0.230 e. The number of hydrogen-bond acceptors (Lipinski definition) is 2. The molecule has 1 N–H and O–H groups in total. The van der Waals surface area contributed by atoms with Crippen molar-refractivity contribution in [3.05, 3.63) is 42.5 Å². The molecular formula is C19H23NOS. The van der Waals surface area contributed by atoms with Crippen LogP contribution in [-0.2, 0) is 4.79 Å². The molecule has 2 aromatic rings. The summed E-state index contributed by atoms with van der Waals surface area (Å²) >= 11 is 1.62. The first-order valence-electron chi connectivity index (χ1n) is 8.13. The topological polar surface area (TPSA) is 29.1 Å². The van der Waals surface area contributed by atoms with Crippen LogP contribution in [0.1, 0.15) is 32.6 Å². The summed E-state index contributed by atoms with van der Waals surface area (Å²) in [5, 5.41) is 5.69. The number of rotatable bonds is 4. The van der Waals surface area contributed by atoms with E-state index in [0.29, 0.717) is 17.7 Å². The van der Waals surface area contributed by atoms with Crippen LogP contribution in [0.4, 0.5) is 0 Å². The van der Waals surface area contributed by atoms with Gasteiger partial charge < -0.3 is 5.32 Å². The molecule has 0 saturated heterocycles. The highest BCUT2D eigenvalue weighted by molar-refractivity contribution is 8.00. The number of fused-ring (bicyclic) bond motifs is 1. The predicted molar refractivity (Wildman–Crippen MR) is 94.2 cm³/mol. The zero-order chi connectivity index (χ0) is 15.4. The van der Waals surface area contributed by atoms with Crippen LogP contribution >= 0.6 is 11.8 Å². The fourth-order valence-electron chi connectivity index (χ4n) is 3.19. The Kier molecular flexibility index (Phi) is 5.04. The molecule has 1 aliphatic rings. The number of benzene rings is 2. The van der Waals surface area contributed by atoms with Crippen molar-refractivity contribution in [2.45, 2.75) is 43.5 Å². The van der Waals surface area contributed by atoms with Gasteiger partial charge in [0.1, 0.15) is 0 Å². The minimum Gasteiger partial charge on any atom is -0.352 e. The van der Waals surface area contributed by atoms with Crippen LogP contribution in [0, 0.1) is 5.92 Å². The van der Waals surface area contributed by atoms with Gasteiger partial charge in [-0.3, -0.25) is 4.79 Å². The monoisotopic (exact) mass is 313 g/mol. The highest BCUT2D eigenvalue weighted by atomic mass is 32.2. The first kappa shape index (κ1) is 15.4. The summed E-state index contributed by atoms with van der Waals surface area (Å²) < 4.78 is 0. The molecule has 0 unspecified atom stereocenters. The van der Waals surface area contributed by atoms with Gasteiger partial charge in [0.2, 0.25) is 5.91 Å². The highest BCUT2D eigenvalue weighted by Gasteiger charge is 2.22. The summed E-state index contributed by atoms with van der Waals surface area (Å²) in [5.41, 5.74) is 0. The minimum atomic E-state index is 0.164. The Hall–Kier alpha value is -1.48. The van der Waals surface area contributed by atoms with Crippen LogP contribution in [0.2, 0.25) is 0 Å². The highest BCUT2D eigenvalue weighted by Crippen LogP contribution is 2.25. The van der Waals surface area contributed by atoms with Crippen molar-refractivity contribution in [2.24, 2.45) is 5.92 Å². The third-order valence-corrected chi connectivity index (χ3v) is 5.54. The number of thioether (sulfide) groups is 1. The van der Waals surface area contributed by atoms with Gasteiger partial charge in [0.25, 0.3) is 0 Å². The lowest BCUT2D eigenvalue weighted by molar-refractivity contribution is -0.119. The molecule has 1 amide bonds. The molecule has 2 aromatic carbocycles. The lowest BCUT2D eigenvalue weighted by atomic mass is 9.86. The molecule has 0 aromatic heterocycles. The molecule has 1 fully saturated rings. The SMILES string of the molecule is C[C@@H]1CCCC[C@@H]1NC(=O)CSc1ccc2ccccc2c1. The van der Waals surface area contributed by atoms with E-state index in [4.69, 9.17) is 0 Å². The molecule has 1 saturated carbocycles. The van der Waals surface area contributed by atoms with Crippen LogP contribution in [0.25, 0.3) is 10.8 Å². The van der Waals surface area contributed by atoms with Crippen LogP contribution in [0.15, 0.2) is 47.4 Å². The van der Waals surface area contributed by atoms with Crippen molar-refractivity contribution in [1.29, 1.82) is 0 Å². The molecule has 0 radical (unpaired) electrons. The maximum Gasteiger partial charge on any atom is 0.230 e. The van der Waals surface area contributed by atoms with Crippen LogP contribution in [0.5, 0.6) is 0 Å². The quantitative estimate of drug-likeness (QED) is 0.834. The summed E-state index contributed by atoms with van der Waals surface area (Å²) in [7, 11) is 0. The largest absolute Gasteiger partial charge is 0.352 e. The van der Waals surface area contributed by atoms with E-state index < -0.39 is 0 Å². The van der Waals surface area contributed by atoms with E-state index in [2.05, 4.69) is 42.6 Å². The van der Waals surface area contributed by atoms with E-state index in [1.54, 1.807) is 11.8 Å². The average Bonchev–Trinajstić information content (AvgIpc) is 2.55. The molecule has 3 rings (SSSR count). The third-order valence-electron chi connectivity index (χ3n) is 4.55. The van der Waals surface area contributed by atoms with E-state index in [9.17, 15) is 4.79 Å². The van der Waals surface area contributed by atoms with E-state index >= 15 is 0 Å². The second-order valence-corrected chi connectivity index (χ2v) is 7.28. The standard InChI is InChI=1S/C19H23NOS/c1-14-6-2-5-9-18(14)20-19(21)13-22-17-11-10-15-7-3-4-8-16(15)12-17/h3-4,7-8,10-12,14,18H,2,5-6,9,13H2,1H3,(H,20,21)/t14-,18+/m1/s1. The normalized spacial score (nSPS) is 21.7. The Bertz CT molecular complexity index is 655. The molecule has 22 heavy (non-hydrogen) atoms. The number of nitrogens with one attached hydrogen (secondary N) is 1. The Morgan fingerprint density at radius 1 is 1.14 bits per heavy atom. The molecular weight excluding hydrogens is 290 g/mol. The first-order valence-corrected chi connectivity index (χ1v) is 9.12. The second kappa shape index (κ2) is 7.19. The van der Waals surface area contributed by atoms with Crippen molar-refractivity contribution in [1.82, 2.24) is 5.32 Å². The van der Waals surface area contributed by atoms with Gasteiger partial charge in [-0.05, 0) is 41.7 Å². The van der Waals surface area contributed by atoms with E-state index in [0.717, 1.165) is 11.3 Å². The Morgan fingerprint density at radius 2 is 1.91 bits per heavy atom. The molecule has 0 heterocycles. The second-order valence-electron chi connectivity index (χ2n) is 6.23. The van der Waals surface area contributed by atoms with Crippen LogP contribution < -0.4 is 5.32 Å². The van der Waals surface area contributed by atoms with Gasteiger partial charge in [0, 0.05) is 10.9 Å². The molecule has 116 valence electrons. The zero-order valence-corrected chi connectivity index (χ0v) is 13.9. The van der Waals surface area contributed by atoms with Crippen molar-refractivity contribution in [3.8, 4) is 0 Å². The minimum absolute atomic E-state index is 0.164. The van der Waals surface area contributed by atoms with E-state index in [1.165, 1.54) is 30.0 Å². The average molecular weight is 313 g/mol. The Morgan fingerprint density at radius 3 is 2.73 bits per heavy atom. The van der Waals surface area contributed by atoms with Gasteiger partial charge in [0.15, 0.2) is 0 Å². The maximum absolute atomic E-state index is 12.2. The summed E-state index contributed by atoms with van der Waals surface area (Å²) in [5.74, 6) is 1.28. The summed E-state index contributed by atoms with van der Waals surface area (Å²) in [6, 6.07) is 15.1. The molecule has 3 heteroatoms. The third kappa shape index (κ3) is 3.83. The van der Waals surface area contributed by atoms with Crippen molar-refractivity contribution >= 4 is 28.4 Å². The van der Waals surface area contributed by atoms with Gasteiger partial charge >= 0.3 is 0 Å². The fourth-order valence-corrected chi connectivity index (χ4v) is 3.94. The number of hydrogen-bond donors (Lipinski definition) is 1. The molecule has 2 nitrogen and oxygen atoms in total. The van der Waals surface area contributed by atoms with Gasteiger partial charge in [-0.25, -0.2) is 0 Å². The number of amides is 1. The van der Waals surface area contributed by atoms with Crippen LogP contribution in [0.3, 0.4) is 0 Å². The predicted octanol–water partition coefficient (Wildman–Crippen LogP) is 4.63.